The summed E-state index contributed by atoms with van der Waals surface area (Å²) >= 11 is 0. The fraction of sp³-hybridized carbons (Fsp3) is 0.400. The van der Waals surface area contributed by atoms with Crippen LogP contribution in [-0.4, -0.2) is 38.4 Å². The van der Waals surface area contributed by atoms with Crippen molar-refractivity contribution in [1.82, 2.24) is 30.6 Å². The molecule has 0 radical (unpaired) electrons. The second kappa shape index (κ2) is 7.10. The Morgan fingerprint density at radius 3 is 2.48 bits per heavy atom. The SMILES string of the molecule is CNC(C)Cc1noc(CCc2nc(-c3ccncc3)no2)n1. The molecule has 0 saturated carbocycles. The van der Waals surface area contributed by atoms with E-state index in [4.69, 9.17) is 9.05 Å². The van der Waals surface area contributed by atoms with Crippen LogP contribution in [0.3, 0.4) is 0 Å². The molecular formula is C15H18N6O2. The summed E-state index contributed by atoms with van der Waals surface area (Å²) in [5.74, 6) is 2.37. The normalized spacial score (nSPS) is 12.4. The average Bonchev–Trinajstić information content (AvgIpc) is 3.23. The summed E-state index contributed by atoms with van der Waals surface area (Å²) in [6, 6.07) is 3.98. The Hall–Kier alpha value is -2.61. The molecule has 0 aliphatic carbocycles. The first-order valence-corrected chi connectivity index (χ1v) is 7.46. The third-order valence-electron chi connectivity index (χ3n) is 3.45. The molecule has 0 aliphatic heterocycles. The predicted octanol–water partition coefficient (Wildman–Crippen LogP) is 1.45. The fourth-order valence-corrected chi connectivity index (χ4v) is 2.04. The zero-order chi connectivity index (χ0) is 16.1. The molecule has 3 rings (SSSR count). The number of hydrogen-bond acceptors (Lipinski definition) is 8. The number of likely N-dealkylation sites (N-methyl/N-ethyl adjacent to an activating group) is 1. The van der Waals surface area contributed by atoms with E-state index in [2.05, 4.69) is 37.5 Å². The van der Waals surface area contributed by atoms with E-state index in [1.54, 1.807) is 12.4 Å². The number of pyridine rings is 1. The van der Waals surface area contributed by atoms with Crippen LogP contribution < -0.4 is 5.32 Å². The lowest BCUT2D eigenvalue weighted by Crippen LogP contribution is -2.24. The first-order chi connectivity index (χ1) is 11.2. The number of aromatic nitrogens is 5. The van der Waals surface area contributed by atoms with E-state index in [1.165, 1.54) is 0 Å². The van der Waals surface area contributed by atoms with Gasteiger partial charge >= 0.3 is 0 Å². The van der Waals surface area contributed by atoms with Crippen molar-refractivity contribution in [3.05, 3.63) is 42.1 Å². The number of nitrogens with zero attached hydrogens (tertiary/aromatic N) is 5. The maximum atomic E-state index is 5.25. The summed E-state index contributed by atoms with van der Waals surface area (Å²) in [7, 11) is 1.90. The van der Waals surface area contributed by atoms with Gasteiger partial charge in [0.1, 0.15) is 0 Å². The molecule has 0 aliphatic rings. The van der Waals surface area contributed by atoms with Crippen LogP contribution >= 0.6 is 0 Å². The molecule has 8 nitrogen and oxygen atoms in total. The van der Waals surface area contributed by atoms with Crippen LogP contribution in [0.15, 0.2) is 33.6 Å². The molecule has 23 heavy (non-hydrogen) atoms. The summed E-state index contributed by atoms with van der Waals surface area (Å²) in [4.78, 5) is 12.7. The van der Waals surface area contributed by atoms with Gasteiger partial charge in [-0.15, -0.1) is 0 Å². The van der Waals surface area contributed by atoms with Crippen LogP contribution in [0.25, 0.3) is 11.4 Å². The average molecular weight is 314 g/mol. The van der Waals surface area contributed by atoms with E-state index in [0.717, 1.165) is 12.0 Å². The highest BCUT2D eigenvalue weighted by Crippen LogP contribution is 2.15. The molecule has 1 unspecified atom stereocenters. The van der Waals surface area contributed by atoms with Gasteiger partial charge in [-0.05, 0) is 26.1 Å². The van der Waals surface area contributed by atoms with Crippen molar-refractivity contribution in [2.24, 2.45) is 0 Å². The molecule has 3 aromatic rings. The third kappa shape index (κ3) is 3.98. The minimum atomic E-state index is 0.305. The Bertz CT molecular complexity index is 739. The van der Waals surface area contributed by atoms with E-state index in [-0.39, 0.29) is 0 Å². The molecule has 1 N–H and O–H groups in total. The lowest BCUT2D eigenvalue weighted by molar-refractivity contribution is 0.351. The van der Waals surface area contributed by atoms with Gasteiger partial charge in [0.05, 0.1) is 0 Å². The first-order valence-electron chi connectivity index (χ1n) is 7.46. The second-order valence-corrected chi connectivity index (χ2v) is 5.25. The summed E-state index contributed by atoms with van der Waals surface area (Å²) in [6.07, 6.45) is 5.24. The van der Waals surface area contributed by atoms with E-state index < -0.39 is 0 Å². The van der Waals surface area contributed by atoms with Crippen LogP contribution in [-0.2, 0) is 19.3 Å². The third-order valence-corrected chi connectivity index (χ3v) is 3.45. The quantitative estimate of drug-likeness (QED) is 0.699. The number of nitrogens with one attached hydrogen (secondary N) is 1. The van der Waals surface area contributed by atoms with E-state index in [1.807, 2.05) is 19.2 Å². The van der Waals surface area contributed by atoms with Crippen LogP contribution in [0.4, 0.5) is 0 Å². The molecule has 0 fully saturated rings. The molecule has 0 bridgehead atoms. The Balaban J connectivity index is 1.58. The standard InChI is InChI=1S/C15H18N6O2/c1-10(16-2)9-12-18-13(22-20-12)3-4-14-19-15(21-23-14)11-5-7-17-8-6-11/h5-8,10,16H,3-4,9H2,1-2H3. The summed E-state index contributed by atoms with van der Waals surface area (Å²) < 4.78 is 10.5. The van der Waals surface area contributed by atoms with Gasteiger partial charge in [-0.2, -0.15) is 9.97 Å². The zero-order valence-electron chi connectivity index (χ0n) is 13.1. The molecule has 8 heteroatoms. The predicted molar refractivity (Wildman–Crippen MR) is 81.5 cm³/mol. The van der Waals surface area contributed by atoms with Gasteiger partial charge in [0.25, 0.3) is 0 Å². The zero-order valence-corrected chi connectivity index (χ0v) is 13.1. The van der Waals surface area contributed by atoms with Crippen LogP contribution in [0.1, 0.15) is 24.5 Å². The molecule has 1 atom stereocenters. The topological polar surface area (TPSA) is 103 Å². The minimum Gasteiger partial charge on any atom is -0.339 e. The molecule has 0 amide bonds. The van der Waals surface area contributed by atoms with Gasteiger partial charge < -0.3 is 14.4 Å². The van der Waals surface area contributed by atoms with Crippen molar-refractivity contribution in [1.29, 1.82) is 0 Å². The van der Waals surface area contributed by atoms with Crippen molar-refractivity contribution < 1.29 is 9.05 Å². The van der Waals surface area contributed by atoms with Gasteiger partial charge in [0, 0.05) is 43.3 Å². The van der Waals surface area contributed by atoms with Crippen LogP contribution in [0, 0.1) is 0 Å². The fourth-order valence-electron chi connectivity index (χ4n) is 2.04. The number of hydrogen-bond donors (Lipinski definition) is 1. The van der Waals surface area contributed by atoms with E-state index in [0.29, 0.717) is 42.3 Å². The van der Waals surface area contributed by atoms with E-state index >= 15 is 0 Å². The Morgan fingerprint density at radius 1 is 1.04 bits per heavy atom. The number of aryl methyl sites for hydroxylation is 2. The lowest BCUT2D eigenvalue weighted by atomic mass is 10.2. The van der Waals surface area contributed by atoms with Gasteiger partial charge in [-0.25, -0.2) is 0 Å². The van der Waals surface area contributed by atoms with Crippen molar-refractivity contribution in [2.75, 3.05) is 7.05 Å². The highest BCUT2D eigenvalue weighted by atomic mass is 16.5. The van der Waals surface area contributed by atoms with Gasteiger partial charge in [-0.1, -0.05) is 10.3 Å². The largest absolute Gasteiger partial charge is 0.339 e. The van der Waals surface area contributed by atoms with Gasteiger partial charge in [0.15, 0.2) is 5.82 Å². The van der Waals surface area contributed by atoms with Gasteiger partial charge in [0.2, 0.25) is 17.6 Å². The Kier molecular flexibility index (Phi) is 4.72. The maximum absolute atomic E-state index is 5.25. The Morgan fingerprint density at radius 2 is 1.74 bits per heavy atom. The summed E-state index contributed by atoms with van der Waals surface area (Å²) in [5.41, 5.74) is 0.871. The molecule has 120 valence electrons. The van der Waals surface area contributed by atoms with Crippen molar-refractivity contribution in [3.8, 4) is 11.4 Å². The highest BCUT2D eigenvalue weighted by Gasteiger charge is 2.12. The van der Waals surface area contributed by atoms with Gasteiger partial charge in [-0.3, -0.25) is 4.98 Å². The lowest BCUT2D eigenvalue weighted by Gasteiger charge is -2.04. The molecule has 0 saturated heterocycles. The van der Waals surface area contributed by atoms with Crippen molar-refractivity contribution in [2.45, 2.75) is 32.2 Å². The smallest absolute Gasteiger partial charge is 0.227 e. The van der Waals surface area contributed by atoms with Crippen LogP contribution in [0.2, 0.25) is 0 Å². The molecule has 0 aromatic carbocycles. The summed E-state index contributed by atoms with van der Waals surface area (Å²) in [5, 5.41) is 11.1. The van der Waals surface area contributed by atoms with Crippen molar-refractivity contribution in [3.63, 3.8) is 0 Å². The van der Waals surface area contributed by atoms with Crippen LogP contribution in [0.5, 0.6) is 0 Å². The maximum Gasteiger partial charge on any atom is 0.227 e. The summed E-state index contributed by atoms with van der Waals surface area (Å²) in [6.45, 7) is 2.06. The molecule has 3 aromatic heterocycles. The monoisotopic (exact) mass is 314 g/mol. The van der Waals surface area contributed by atoms with E-state index in [9.17, 15) is 0 Å². The molecule has 3 heterocycles. The first kappa shape index (κ1) is 15.3. The Labute approximate surface area is 133 Å². The molecule has 0 spiro atoms. The number of rotatable bonds is 7. The second-order valence-electron chi connectivity index (χ2n) is 5.25. The highest BCUT2D eigenvalue weighted by molar-refractivity contribution is 5.52. The minimum absolute atomic E-state index is 0.305. The molecular weight excluding hydrogens is 296 g/mol. The van der Waals surface area contributed by atoms with Crippen molar-refractivity contribution >= 4 is 0 Å².